The van der Waals surface area contributed by atoms with Gasteiger partial charge in [-0.05, 0) is 6.92 Å². The third-order valence-corrected chi connectivity index (χ3v) is 0.940. The van der Waals surface area contributed by atoms with Crippen LogP contribution in [0, 0.1) is 6.92 Å². The quantitative estimate of drug-likeness (QED) is 0.548. The van der Waals surface area contributed by atoms with Crippen LogP contribution in [0.4, 0.5) is 0 Å². The van der Waals surface area contributed by atoms with E-state index in [2.05, 4.69) is 19.1 Å². The molecule has 44 valence electrons. The molecule has 0 aliphatic carbocycles. The first-order valence-electron chi connectivity index (χ1n) is 2.70. The van der Waals surface area contributed by atoms with E-state index in [0.717, 1.165) is 0 Å². The zero-order valence-electron chi connectivity index (χ0n) is 5.50. The molecule has 0 saturated heterocycles. The van der Waals surface area contributed by atoms with Crippen molar-refractivity contribution in [2.24, 2.45) is 0 Å². The summed E-state index contributed by atoms with van der Waals surface area (Å²) in [6.07, 6.45) is 0. The van der Waals surface area contributed by atoms with Crippen LogP contribution in [0.25, 0.3) is 0 Å². The van der Waals surface area contributed by atoms with E-state index in [1.165, 1.54) is 5.56 Å². The van der Waals surface area contributed by atoms with Crippen molar-refractivity contribution in [3.8, 4) is 0 Å². The van der Waals surface area contributed by atoms with Gasteiger partial charge in [-0.3, -0.25) is 0 Å². The van der Waals surface area contributed by atoms with E-state index in [1.54, 1.807) is 0 Å². The summed E-state index contributed by atoms with van der Waals surface area (Å²) in [6.45, 7) is 2.08. The first-order valence-corrected chi connectivity index (χ1v) is 3.91. The Kier molecular flexibility index (Phi) is 5.55. The summed E-state index contributed by atoms with van der Waals surface area (Å²) in [4.78, 5) is 0. The van der Waals surface area contributed by atoms with E-state index in [9.17, 15) is 0 Å². The van der Waals surface area contributed by atoms with Crippen LogP contribution in [0.5, 0.6) is 0 Å². The predicted molar refractivity (Wildman–Crippen MR) is 31.9 cm³/mol. The second-order valence-corrected chi connectivity index (χ2v) is 1.65. The topological polar surface area (TPSA) is 17.1 Å². The zero-order valence-corrected chi connectivity index (χ0v) is 8.47. The molecule has 0 radical (unpaired) electrons. The van der Waals surface area contributed by atoms with Gasteiger partial charge in [-0.25, -0.2) is 0 Å². The van der Waals surface area contributed by atoms with Crippen LogP contribution >= 0.6 is 0 Å². The molecule has 0 unspecified atom stereocenters. The second kappa shape index (κ2) is 5.77. The molecule has 0 spiro atoms. The Balaban J connectivity index is 0.000000291. The zero-order chi connectivity index (χ0) is 7.11. The predicted octanol–water partition coefficient (Wildman–Crippen LogP) is 1.87. The van der Waals surface area contributed by atoms with Gasteiger partial charge in [-0.15, -0.1) is 0 Å². The molecule has 1 rings (SSSR count). The van der Waals surface area contributed by atoms with Crippen LogP contribution in [0.2, 0.25) is 0 Å². The number of hydrogen-bond acceptors (Lipinski definition) is 1. The van der Waals surface area contributed by atoms with E-state index in [1.807, 2.05) is 18.2 Å². The summed E-state index contributed by atoms with van der Waals surface area (Å²) < 4.78 is 8.38. The van der Waals surface area contributed by atoms with Gasteiger partial charge in [0.25, 0.3) is 0 Å². The Morgan fingerprint density at radius 2 is 1.56 bits per heavy atom. The van der Waals surface area contributed by atoms with Crippen LogP contribution in [0.1, 0.15) is 5.56 Å². The Morgan fingerprint density at radius 3 is 1.78 bits per heavy atom. The Labute approximate surface area is 65.0 Å². The fourth-order valence-electron chi connectivity index (χ4n) is 0.534. The van der Waals surface area contributed by atoms with E-state index < -0.39 is 0 Å². The summed E-state index contributed by atoms with van der Waals surface area (Å²) in [5, 5.41) is 0. The van der Waals surface area contributed by atoms with Crippen LogP contribution in [-0.2, 0) is 21.8 Å². The molecule has 2 heteroatoms. The molecule has 0 saturated carbocycles. The van der Waals surface area contributed by atoms with Crippen molar-refractivity contribution in [1.29, 1.82) is 0 Å². The minimum atomic E-state index is 0.125. The summed E-state index contributed by atoms with van der Waals surface area (Å²) in [7, 11) is 0. The average Bonchev–Trinajstić information content (AvgIpc) is 1.94. The van der Waals surface area contributed by atoms with E-state index in [4.69, 9.17) is 3.57 Å². The minimum absolute atomic E-state index is 0.125. The molecule has 0 fully saturated rings. The van der Waals surface area contributed by atoms with Crippen LogP contribution in [0.3, 0.4) is 0 Å². The van der Waals surface area contributed by atoms with E-state index in [0.29, 0.717) is 0 Å². The molecule has 1 aromatic rings. The molecule has 0 amide bonds. The molecule has 0 aromatic heterocycles. The molecule has 1 nitrogen and oxygen atoms in total. The average molecular weight is 174 g/mol. The Morgan fingerprint density at radius 1 is 1.11 bits per heavy atom. The second-order valence-electron chi connectivity index (χ2n) is 1.65. The third kappa shape index (κ3) is 4.17. The van der Waals surface area contributed by atoms with Gasteiger partial charge in [-0.2, -0.15) is 0 Å². The number of rotatable bonds is 0. The summed E-state index contributed by atoms with van der Waals surface area (Å²) in [5.74, 6) is 0. The molecule has 1 aromatic carbocycles. The Bertz CT molecular complexity index is 150. The normalized spacial score (nSPS) is 7.44. The van der Waals surface area contributed by atoms with Crippen molar-refractivity contribution in [3.05, 3.63) is 35.9 Å². The van der Waals surface area contributed by atoms with Crippen LogP contribution in [-0.4, -0.2) is 0 Å². The van der Waals surface area contributed by atoms with Crippen molar-refractivity contribution >= 4 is 0 Å². The van der Waals surface area contributed by atoms with Crippen molar-refractivity contribution in [3.63, 3.8) is 0 Å². The molecule has 0 atom stereocenters. The standard InChI is InChI=1S/C7H8.O.Zn/c1-7-5-3-2-4-6-7;;/h2-6H,1H3;;. The first-order chi connectivity index (χ1) is 4.39. The maximum atomic E-state index is 8.38. The third-order valence-electron chi connectivity index (χ3n) is 0.940. The van der Waals surface area contributed by atoms with Crippen molar-refractivity contribution in [2.45, 2.75) is 6.92 Å². The summed E-state index contributed by atoms with van der Waals surface area (Å²) in [6, 6.07) is 10.3. The molecular weight excluding hydrogens is 165 g/mol. The molecular formula is C7H8OZn. The van der Waals surface area contributed by atoms with Gasteiger partial charge in [0.05, 0.1) is 0 Å². The van der Waals surface area contributed by atoms with Crippen molar-refractivity contribution < 1.29 is 21.8 Å². The SMILES string of the molecule is Cc1ccccc1.[O]=[Zn]. The van der Waals surface area contributed by atoms with E-state index in [-0.39, 0.29) is 18.3 Å². The van der Waals surface area contributed by atoms with Gasteiger partial charge in [0.15, 0.2) is 0 Å². The van der Waals surface area contributed by atoms with Crippen molar-refractivity contribution in [1.82, 2.24) is 0 Å². The molecule has 0 heterocycles. The molecule has 0 bridgehead atoms. The number of aryl methyl sites for hydroxylation is 1. The molecule has 0 aliphatic heterocycles. The van der Waals surface area contributed by atoms with Gasteiger partial charge >= 0.3 is 21.8 Å². The molecule has 0 aliphatic rings. The molecule has 0 N–H and O–H groups in total. The van der Waals surface area contributed by atoms with Gasteiger partial charge < -0.3 is 0 Å². The van der Waals surface area contributed by atoms with Gasteiger partial charge in [0, 0.05) is 0 Å². The van der Waals surface area contributed by atoms with E-state index >= 15 is 0 Å². The van der Waals surface area contributed by atoms with Gasteiger partial charge in [0.2, 0.25) is 0 Å². The monoisotopic (exact) mass is 172 g/mol. The van der Waals surface area contributed by atoms with Crippen molar-refractivity contribution in [2.75, 3.05) is 0 Å². The van der Waals surface area contributed by atoms with Crippen LogP contribution < -0.4 is 0 Å². The van der Waals surface area contributed by atoms with Crippen LogP contribution in [0.15, 0.2) is 30.3 Å². The summed E-state index contributed by atoms with van der Waals surface area (Å²) in [5.41, 5.74) is 1.32. The molecule has 9 heavy (non-hydrogen) atoms. The summed E-state index contributed by atoms with van der Waals surface area (Å²) >= 11 is 0.125. The number of benzene rings is 1. The number of hydrogen-bond donors (Lipinski definition) is 0. The Hall–Kier alpha value is -0.357. The maximum absolute atomic E-state index is 8.38. The van der Waals surface area contributed by atoms with Gasteiger partial charge in [-0.1, -0.05) is 35.9 Å². The fourth-order valence-corrected chi connectivity index (χ4v) is 0.534. The fraction of sp³-hybridized carbons (Fsp3) is 0.143. The van der Waals surface area contributed by atoms with Gasteiger partial charge in [0.1, 0.15) is 0 Å². The first kappa shape index (κ1) is 8.64.